The molecular weight excluding hydrogens is 204 g/mol. The summed E-state index contributed by atoms with van der Waals surface area (Å²) in [5.74, 6) is 0.461. The zero-order valence-corrected chi connectivity index (χ0v) is 10.1. The molecule has 1 aliphatic carbocycles. The van der Waals surface area contributed by atoms with E-state index in [1.54, 1.807) is 6.20 Å². The fourth-order valence-electron chi connectivity index (χ4n) is 2.02. The van der Waals surface area contributed by atoms with E-state index in [2.05, 4.69) is 12.0 Å². The normalized spacial score (nSPS) is 17.2. The molecule has 0 aliphatic heterocycles. The Bertz CT molecular complexity index is 394. The zero-order chi connectivity index (χ0) is 11.7. The van der Waals surface area contributed by atoms with Crippen molar-refractivity contribution in [1.82, 2.24) is 9.78 Å². The van der Waals surface area contributed by atoms with Gasteiger partial charge >= 0.3 is 5.97 Å². The molecule has 16 heavy (non-hydrogen) atoms. The van der Waals surface area contributed by atoms with Gasteiger partial charge in [-0.3, -0.25) is 4.68 Å². The molecule has 0 amide bonds. The lowest BCUT2D eigenvalue weighted by Gasteiger charge is -2.13. The number of hydrogen-bond donors (Lipinski definition) is 0. The Morgan fingerprint density at radius 1 is 1.69 bits per heavy atom. The summed E-state index contributed by atoms with van der Waals surface area (Å²) in [4.78, 5) is 11.6. The second-order valence-corrected chi connectivity index (χ2v) is 4.39. The van der Waals surface area contributed by atoms with Gasteiger partial charge in [0, 0.05) is 0 Å². The van der Waals surface area contributed by atoms with Crippen molar-refractivity contribution >= 4 is 5.97 Å². The van der Waals surface area contributed by atoms with Crippen molar-refractivity contribution < 1.29 is 9.53 Å². The van der Waals surface area contributed by atoms with Crippen molar-refractivity contribution in [1.29, 1.82) is 0 Å². The monoisotopic (exact) mass is 222 g/mol. The highest BCUT2D eigenvalue weighted by atomic mass is 16.5. The maximum absolute atomic E-state index is 11.6. The van der Waals surface area contributed by atoms with Crippen LogP contribution in [0.25, 0.3) is 0 Å². The first-order chi connectivity index (χ1) is 7.65. The Balaban J connectivity index is 2.19. The van der Waals surface area contributed by atoms with E-state index in [0.717, 1.165) is 11.6 Å². The molecule has 1 unspecified atom stereocenters. The number of aromatic nitrogens is 2. The molecule has 1 saturated carbocycles. The number of ether oxygens (including phenoxy) is 1. The Morgan fingerprint density at radius 3 is 2.94 bits per heavy atom. The second kappa shape index (κ2) is 4.28. The van der Waals surface area contributed by atoms with Gasteiger partial charge in [0.15, 0.2) is 0 Å². The molecule has 4 heteroatoms. The summed E-state index contributed by atoms with van der Waals surface area (Å²) in [7, 11) is 0. The van der Waals surface area contributed by atoms with Gasteiger partial charge in [-0.1, -0.05) is 0 Å². The van der Waals surface area contributed by atoms with E-state index in [1.807, 2.05) is 18.5 Å². The zero-order valence-electron chi connectivity index (χ0n) is 10.1. The van der Waals surface area contributed by atoms with Crippen LogP contribution in [0.3, 0.4) is 0 Å². The lowest BCUT2D eigenvalue weighted by Crippen LogP contribution is -2.12. The van der Waals surface area contributed by atoms with Crippen LogP contribution in [0.15, 0.2) is 6.20 Å². The van der Waals surface area contributed by atoms with Gasteiger partial charge < -0.3 is 4.74 Å². The molecule has 2 rings (SSSR count). The van der Waals surface area contributed by atoms with Gasteiger partial charge in [0.05, 0.1) is 24.5 Å². The van der Waals surface area contributed by atoms with Gasteiger partial charge in [-0.05, 0) is 39.5 Å². The second-order valence-electron chi connectivity index (χ2n) is 4.39. The van der Waals surface area contributed by atoms with Crippen molar-refractivity contribution in [2.24, 2.45) is 5.92 Å². The summed E-state index contributed by atoms with van der Waals surface area (Å²) in [6.45, 7) is 6.30. The van der Waals surface area contributed by atoms with Crippen LogP contribution in [0, 0.1) is 12.8 Å². The largest absolute Gasteiger partial charge is 0.462 e. The van der Waals surface area contributed by atoms with Crippen LogP contribution in [0.2, 0.25) is 0 Å². The molecule has 0 radical (unpaired) electrons. The Hall–Kier alpha value is -1.32. The van der Waals surface area contributed by atoms with E-state index >= 15 is 0 Å². The highest BCUT2D eigenvalue weighted by Crippen LogP contribution is 2.39. The van der Waals surface area contributed by atoms with Gasteiger partial charge in [-0.25, -0.2) is 4.79 Å². The van der Waals surface area contributed by atoms with Gasteiger partial charge in [0.1, 0.15) is 5.56 Å². The van der Waals surface area contributed by atoms with Gasteiger partial charge in [0.2, 0.25) is 0 Å². The van der Waals surface area contributed by atoms with E-state index in [-0.39, 0.29) is 5.97 Å². The molecule has 0 spiro atoms. The molecule has 1 aliphatic rings. The van der Waals surface area contributed by atoms with Gasteiger partial charge in [-0.15, -0.1) is 0 Å². The Labute approximate surface area is 95.6 Å². The summed E-state index contributed by atoms with van der Waals surface area (Å²) in [5, 5.41) is 4.30. The van der Waals surface area contributed by atoms with Crippen molar-refractivity contribution in [2.75, 3.05) is 6.61 Å². The predicted octanol–water partition coefficient (Wildman–Crippen LogP) is 2.34. The smallest absolute Gasteiger partial charge is 0.341 e. The maximum Gasteiger partial charge on any atom is 0.341 e. The van der Waals surface area contributed by atoms with Crippen LogP contribution in [-0.4, -0.2) is 22.4 Å². The molecule has 1 aromatic heterocycles. The first kappa shape index (κ1) is 11.2. The number of nitrogens with zero attached hydrogens (tertiary/aromatic N) is 2. The Morgan fingerprint density at radius 2 is 2.38 bits per heavy atom. The Kier molecular flexibility index (Phi) is 2.99. The molecule has 0 aromatic carbocycles. The summed E-state index contributed by atoms with van der Waals surface area (Å²) >= 11 is 0. The SMILES string of the molecule is CCOC(=O)c1cnn(C(C)C2CC2)c1C. The minimum atomic E-state index is -0.269. The maximum atomic E-state index is 11.6. The fourth-order valence-corrected chi connectivity index (χ4v) is 2.02. The number of esters is 1. The minimum absolute atomic E-state index is 0.269. The fraction of sp³-hybridized carbons (Fsp3) is 0.667. The van der Waals surface area contributed by atoms with Crippen LogP contribution < -0.4 is 0 Å². The van der Waals surface area contributed by atoms with E-state index < -0.39 is 0 Å². The van der Waals surface area contributed by atoms with Gasteiger partial charge in [-0.2, -0.15) is 5.10 Å². The highest BCUT2D eigenvalue weighted by Gasteiger charge is 2.31. The molecule has 0 bridgehead atoms. The first-order valence-electron chi connectivity index (χ1n) is 5.86. The first-order valence-corrected chi connectivity index (χ1v) is 5.86. The van der Waals surface area contributed by atoms with Crippen molar-refractivity contribution in [3.63, 3.8) is 0 Å². The summed E-state index contributed by atoms with van der Waals surface area (Å²) in [5.41, 5.74) is 1.51. The molecule has 0 saturated heterocycles. The highest BCUT2D eigenvalue weighted by molar-refractivity contribution is 5.90. The van der Waals surface area contributed by atoms with E-state index in [9.17, 15) is 4.79 Å². The molecule has 0 N–H and O–H groups in total. The number of rotatable bonds is 4. The number of carbonyl (C=O) groups excluding carboxylic acids is 1. The number of hydrogen-bond acceptors (Lipinski definition) is 3. The topological polar surface area (TPSA) is 44.1 Å². The van der Waals surface area contributed by atoms with Crippen LogP contribution in [0.4, 0.5) is 0 Å². The summed E-state index contributed by atoms with van der Waals surface area (Å²) < 4.78 is 6.93. The third-order valence-electron chi connectivity index (χ3n) is 3.23. The molecule has 88 valence electrons. The van der Waals surface area contributed by atoms with Gasteiger partial charge in [0.25, 0.3) is 0 Å². The van der Waals surface area contributed by atoms with Crippen molar-refractivity contribution in [3.05, 3.63) is 17.5 Å². The van der Waals surface area contributed by atoms with Crippen LogP contribution in [0.1, 0.15) is 48.8 Å². The lowest BCUT2D eigenvalue weighted by molar-refractivity contribution is 0.0525. The summed E-state index contributed by atoms with van der Waals surface area (Å²) in [6, 6.07) is 0.392. The van der Waals surface area contributed by atoms with E-state index in [1.165, 1.54) is 12.8 Å². The summed E-state index contributed by atoms with van der Waals surface area (Å²) in [6.07, 6.45) is 4.16. The van der Waals surface area contributed by atoms with Crippen molar-refractivity contribution in [2.45, 2.75) is 39.7 Å². The van der Waals surface area contributed by atoms with Crippen molar-refractivity contribution in [3.8, 4) is 0 Å². The van der Waals surface area contributed by atoms with Crippen LogP contribution >= 0.6 is 0 Å². The molecule has 4 nitrogen and oxygen atoms in total. The lowest BCUT2D eigenvalue weighted by atomic mass is 10.2. The predicted molar refractivity (Wildman–Crippen MR) is 60.4 cm³/mol. The van der Waals surface area contributed by atoms with Crippen LogP contribution in [0.5, 0.6) is 0 Å². The standard InChI is InChI=1S/C12H18N2O2/c1-4-16-12(15)11-7-13-14(9(11)3)8(2)10-5-6-10/h7-8,10H,4-6H2,1-3H3. The molecule has 1 fully saturated rings. The molecule has 1 aromatic rings. The van der Waals surface area contributed by atoms with Crippen LogP contribution in [-0.2, 0) is 4.74 Å². The third-order valence-corrected chi connectivity index (χ3v) is 3.23. The molecule has 1 atom stereocenters. The quantitative estimate of drug-likeness (QED) is 0.734. The van der Waals surface area contributed by atoms with E-state index in [0.29, 0.717) is 18.2 Å². The van der Waals surface area contributed by atoms with E-state index in [4.69, 9.17) is 4.74 Å². The minimum Gasteiger partial charge on any atom is -0.462 e. The average molecular weight is 222 g/mol. The molecule has 1 heterocycles. The molecular formula is C12H18N2O2. The number of carbonyl (C=O) groups is 1. The average Bonchev–Trinajstić information content (AvgIpc) is 3.02. The third kappa shape index (κ3) is 1.96.